The number of fused-ring (bicyclic) bond motifs is 1. The molecule has 0 aliphatic carbocycles. The average Bonchev–Trinajstić information content (AvgIpc) is 3.01. The zero-order valence-corrected chi connectivity index (χ0v) is 24.7. The molecule has 6 rings (SSSR count). The summed E-state index contributed by atoms with van der Waals surface area (Å²) in [5, 5.41) is 4.73. The second-order valence-corrected chi connectivity index (χ2v) is 13.2. The number of benzene rings is 2. The highest BCUT2D eigenvalue weighted by Crippen LogP contribution is 2.27. The van der Waals surface area contributed by atoms with Crippen LogP contribution in [-0.4, -0.2) is 84.7 Å². The van der Waals surface area contributed by atoms with Gasteiger partial charge in [-0.2, -0.15) is 4.31 Å². The number of carbonyl (C=O) groups excluding carboxylic acids is 1. The number of anilines is 1. The van der Waals surface area contributed by atoms with Crippen molar-refractivity contribution in [1.82, 2.24) is 24.1 Å². The maximum atomic E-state index is 13.2. The Morgan fingerprint density at radius 3 is 2.45 bits per heavy atom. The van der Waals surface area contributed by atoms with E-state index in [9.17, 15) is 13.2 Å². The van der Waals surface area contributed by atoms with E-state index in [4.69, 9.17) is 0 Å². The molecule has 1 N–H and O–H groups in total. The fraction of sp³-hybridized carbons (Fsp3) is 0.344. The van der Waals surface area contributed by atoms with E-state index in [1.807, 2.05) is 31.6 Å². The van der Waals surface area contributed by atoms with Crippen LogP contribution in [0.25, 0.3) is 21.9 Å². The largest absolute Gasteiger partial charge is 0.307 e. The molecule has 0 saturated carbocycles. The second kappa shape index (κ2) is 12.3. The van der Waals surface area contributed by atoms with Crippen molar-refractivity contribution in [3.05, 3.63) is 84.3 Å². The Bertz CT molecular complexity index is 1700. The van der Waals surface area contributed by atoms with Crippen LogP contribution in [0.1, 0.15) is 35.2 Å². The molecule has 9 nitrogen and oxygen atoms in total. The highest BCUT2D eigenvalue weighted by atomic mass is 32.2. The summed E-state index contributed by atoms with van der Waals surface area (Å²) in [5.74, 6) is -0.0167. The number of likely N-dealkylation sites (tertiary alicyclic amines) is 1. The van der Waals surface area contributed by atoms with E-state index >= 15 is 0 Å². The van der Waals surface area contributed by atoms with Crippen molar-refractivity contribution in [2.24, 2.45) is 0 Å². The number of hydrogen-bond donors (Lipinski definition) is 1. The first kappa shape index (κ1) is 28.4. The highest BCUT2D eigenvalue weighted by Gasteiger charge is 2.28. The molecule has 2 saturated heterocycles. The van der Waals surface area contributed by atoms with Crippen LogP contribution in [0.4, 0.5) is 5.82 Å². The molecule has 218 valence electrons. The van der Waals surface area contributed by atoms with Crippen molar-refractivity contribution in [2.75, 3.05) is 51.6 Å². The van der Waals surface area contributed by atoms with Gasteiger partial charge in [0.15, 0.2) is 0 Å². The third kappa shape index (κ3) is 6.37. The number of pyridine rings is 2. The number of piperidine rings is 1. The van der Waals surface area contributed by atoms with E-state index in [0.717, 1.165) is 41.5 Å². The Hall–Kier alpha value is -3.70. The third-order valence-electron chi connectivity index (χ3n) is 8.14. The Morgan fingerprint density at radius 1 is 0.833 bits per heavy atom. The molecular formula is C32H36N6O3S. The lowest BCUT2D eigenvalue weighted by Crippen LogP contribution is -2.47. The molecule has 4 aromatic rings. The first-order chi connectivity index (χ1) is 20.3. The maximum absolute atomic E-state index is 13.2. The number of carbonyl (C=O) groups is 1. The lowest BCUT2D eigenvalue weighted by atomic mass is 10.0. The average molecular weight is 585 g/mol. The number of nitrogens with zero attached hydrogens (tertiary/aromatic N) is 5. The molecule has 0 spiro atoms. The van der Waals surface area contributed by atoms with Gasteiger partial charge in [0.25, 0.3) is 5.91 Å². The van der Waals surface area contributed by atoms with E-state index in [-0.39, 0.29) is 10.5 Å². The number of likely N-dealkylation sites (N-methyl/N-ethyl adjacent to an activating group) is 1. The van der Waals surface area contributed by atoms with Crippen molar-refractivity contribution in [3.8, 4) is 11.1 Å². The lowest BCUT2D eigenvalue weighted by molar-refractivity contribution is 0.102. The van der Waals surface area contributed by atoms with Crippen LogP contribution < -0.4 is 5.32 Å². The molecule has 0 unspecified atom stereocenters. The SMILES string of the molecule is CN1CCN(S(=O)(=O)c2cccc(C(=O)Nc3cc4cc(-c5cncc(CN6CCCCC6)c5)ccc4cn3)c2)CC1. The number of sulfonamides is 1. The van der Waals surface area contributed by atoms with Crippen molar-refractivity contribution >= 4 is 32.5 Å². The van der Waals surface area contributed by atoms with Crippen molar-refractivity contribution in [3.63, 3.8) is 0 Å². The minimum atomic E-state index is -3.68. The molecule has 2 aliphatic rings. The Labute approximate surface area is 247 Å². The molecule has 10 heteroatoms. The van der Waals surface area contributed by atoms with Gasteiger partial charge in [0.05, 0.1) is 4.90 Å². The normalized spacial score (nSPS) is 17.4. The number of amides is 1. The summed E-state index contributed by atoms with van der Waals surface area (Å²) in [5.41, 5.74) is 3.56. The monoisotopic (exact) mass is 584 g/mol. The smallest absolute Gasteiger partial charge is 0.256 e. The van der Waals surface area contributed by atoms with Gasteiger partial charge in [-0.3, -0.25) is 14.7 Å². The second-order valence-electron chi connectivity index (χ2n) is 11.2. The van der Waals surface area contributed by atoms with Crippen LogP contribution in [0, 0.1) is 0 Å². The topological polar surface area (TPSA) is 98.7 Å². The molecule has 4 heterocycles. The van der Waals surface area contributed by atoms with Gasteiger partial charge in [-0.15, -0.1) is 0 Å². The third-order valence-corrected chi connectivity index (χ3v) is 10.0. The quantitative estimate of drug-likeness (QED) is 0.342. The lowest BCUT2D eigenvalue weighted by Gasteiger charge is -2.31. The molecule has 1 amide bonds. The summed E-state index contributed by atoms with van der Waals surface area (Å²) in [6, 6.07) is 16.4. The molecule has 0 bridgehead atoms. The summed E-state index contributed by atoms with van der Waals surface area (Å²) in [4.78, 5) is 26.8. The fourth-order valence-corrected chi connectivity index (χ4v) is 7.13. The number of hydrogen-bond acceptors (Lipinski definition) is 7. The van der Waals surface area contributed by atoms with Crippen LogP contribution >= 0.6 is 0 Å². The molecule has 0 radical (unpaired) electrons. The predicted octanol–water partition coefficient (Wildman–Crippen LogP) is 4.47. The summed E-state index contributed by atoms with van der Waals surface area (Å²) >= 11 is 0. The summed E-state index contributed by atoms with van der Waals surface area (Å²) in [6.45, 7) is 5.39. The Kier molecular flexibility index (Phi) is 8.30. The highest BCUT2D eigenvalue weighted by molar-refractivity contribution is 7.89. The van der Waals surface area contributed by atoms with Gasteiger partial charge in [0, 0.05) is 67.8 Å². The standard InChI is InChI=1S/C32H36N6O3S/c1-36-12-14-38(15-13-36)42(40,41)30-7-5-6-26(18-30)32(39)35-31-19-28-17-25(8-9-27(28)22-34-31)29-16-24(20-33-21-29)23-37-10-3-2-4-11-37/h5-9,16-22H,2-4,10-15,23H2,1H3,(H,34,35,39). The van der Waals surface area contributed by atoms with Gasteiger partial charge in [-0.1, -0.05) is 24.6 Å². The zero-order valence-electron chi connectivity index (χ0n) is 23.9. The van der Waals surface area contributed by atoms with Crippen LogP contribution in [0.2, 0.25) is 0 Å². The van der Waals surface area contributed by atoms with Gasteiger partial charge >= 0.3 is 0 Å². The first-order valence-electron chi connectivity index (χ1n) is 14.5. The predicted molar refractivity (Wildman–Crippen MR) is 165 cm³/mol. The number of nitrogens with one attached hydrogen (secondary N) is 1. The first-order valence-corrected chi connectivity index (χ1v) is 16.0. The van der Waals surface area contributed by atoms with Gasteiger partial charge < -0.3 is 10.2 Å². The van der Waals surface area contributed by atoms with Crippen molar-refractivity contribution < 1.29 is 13.2 Å². The van der Waals surface area contributed by atoms with E-state index in [0.29, 0.717) is 32.0 Å². The number of rotatable bonds is 7. The van der Waals surface area contributed by atoms with E-state index in [2.05, 4.69) is 43.3 Å². The van der Waals surface area contributed by atoms with Crippen LogP contribution in [-0.2, 0) is 16.6 Å². The number of aromatic nitrogens is 2. The molecular weight excluding hydrogens is 548 g/mol. The van der Waals surface area contributed by atoms with E-state index in [1.165, 1.54) is 41.3 Å². The van der Waals surface area contributed by atoms with Crippen LogP contribution in [0.15, 0.2) is 78.1 Å². The van der Waals surface area contributed by atoms with Crippen LogP contribution in [0.3, 0.4) is 0 Å². The molecule has 2 aliphatic heterocycles. The van der Waals surface area contributed by atoms with Gasteiger partial charge in [-0.25, -0.2) is 13.4 Å². The molecule has 0 atom stereocenters. The van der Waals surface area contributed by atoms with Gasteiger partial charge in [0.1, 0.15) is 5.82 Å². The molecule has 42 heavy (non-hydrogen) atoms. The minimum Gasteiger partial charge on any atom is -0.307 e. The molecule has 2 aromatic heterocycles. The van der Waals surface area contributed by atoms with Crippen molar-refractivity contribution in [1.29, 1.82) is 0 Å². The summed E-state index contributed by atoms with van der Waals surface area (Å²) in [6.07, 6.45) is 9.39. The Morgan fingerprint density at radius 2 is 1.64 bits per heavy atom. The maximum Gasteiger partial charge on any atom is 0.256 e. The minimum absolute atomic E-state index is 0.118. The number of piperazine rings is 1. The summed E-state index contributed by atoms with van der Waals surface area (Å²) in [7, 11) is -1.71. The fourth-order valence-electron chi connectivity index (χ4n) is 5.66. The van der Waals surface area contributed by atoms with E-state index in [1.54, 1.807) is 18.3 Å². The zero-order chi connectivity index (χ0) is 29.1. The molecule has 2 aromatic carbocycles. The van der Waals surface area contributed by atoms with E-state index < -0.39 is 15.9 Å². The molecule has 2 fully saturated rings. The Balaban J connectivity index is 1.19. The van der Waals surface area contributed by atoms with Crippen LogP contribution in [0.5, 0.6) is 0 Å². The summed E-state index contributed by atoms with van der Waals surface area (Å²) < 4.78 is 27.9. The van der Waals surface area contributed by atoms with Gasteiger partial charge in [-0.05, 0) is 85.9 Å². The van der Waals surface area contributed by atoms with Crippen molar-refractivity contribution in [2.45, 2.75) is 30.7 Å². The van der Waals surface area contributed by atoms with Gasteiger partial charge in [0.2, 0.25) is 10.0 Å².